The lowest BCUT2D eigenvalue weighted by atomic mass is 10.1. The molecule has 2 aromatic heterocycles. The monoisotopic (exact) mass is 418 g/mol. The molecule has 0 fully saturated rings. The maximum Gasteiger partial charge on any atom is 0.155 e. The van der Waals surface area contributed by atoms with Gasteiger partial charge in [-0.1, -0.05) is 47.3 Å². The van der Waals surface area contributed by atoms with Crippen LogP contribution in [0, 0.1) is 11.8 Å². The second kappa shape index (κ2) is 8.29. The average molecular weight is 418 g/mol. The summed E-state index contributed by atoms with van der Waals surface area (Å²) >= 11 is 0. The van der Waals surface area contributed by atoms with Crippen molar-refractivity contribution in [2.75, 3.05) is 7.11 Å². The smallest absolute Gasteiger partial charge is 0.155 e. The lowest BCUT2D eigenvalue weighted by Gasteiger charge is -2.05. The molecule has 0 saturated heterocycles. The predicted octanol–water partition coefficient (Wildman–Crippen LogP) is 5.35. The Kier molecular flexibility index (Phi) is 5.03. The van der Waals surface area contributed by atoms with Crippen LogP contribution in [0.3, 0.4) is 0 Å². The van der Waals surface area contributed by atoms with Crippen LogP contribution in [0.25, 0.3) is 33.2 Å². The number of hydrogen-bond acceptors (Lipinski definition) is 5. The Morgan fingerprint density at radius 2 is 1.69 bits per heavy atom. The molecular weight excluding hydrogens is 400 g/mol. The first-order valence-electron chi connectivity index (χ1n) is 10.0. The van der Waals surface area contributed by atoms with E-state index in [2.05, 4.69) is 22.0 Å². The molecule has 1 N–H and O–H groups in total. The molecule has 0 aliphatic rings. The van der Waals surface area contributed by atoms with E-state index in [1.165, 1.54) is 0 Å². The van der Waals surface area contributed by atoms with Crippen LogP contribution in [-0.2, 0) is 0 Å². The highest BCUT2D eigenvalue weighted by atomic mass is 16.5. The number of fused-ring (bicyclic) bond motifs is 2. The summed E-state index contributed by atoms with van der Waals surface area (Å²) in [7, 11) is 1.63. The molecule has 0 spiro atoms. The van der Waals surface area contributed by atoms with Crippen LogP contribution in [0.5, 0.6) is 5.75 Å². The van der Waals surface area contributed by atoms with Crippen molar-refractivity contribution in [3.8, 4) is 29.0 Å². The topological polar surface area (TPSA) is 67.8 Å². The SMILES string of the molecule is COc1cccc(C#Cc2ccc3/c(=N\O)cc(-c4cc5ccccc5cn4)oc3c2)c1. The molecule has 0 unspecified atom stereocenters. The Labute approximate surface area is 184 Å². The number of pyridine rings is 1. The first-order valence-corrected chi connectivity index (χ1v) is 10.0. The highest BCUT2D eigenvalue weighted by Gasteiger charge is 2.09. The number of hydrogen-bond donors (Lipinski definition) is 1. The van der Waals surface area contributed by atoms with E-state index in [9.17, 15) is 5.21 Å². The van der Waals surface area contributed by atoms with Gasteiger partial charge in [-0.15, -0.1) is 0 Å². The van der Waals surface area contributed by atoms with Gasteiger partial charge in [0.2, 0.25) is 0 Å². The molecular formula is C27H18N2O3. The van der Waals surface area contributed by atoms with Crippen molar-refractivity contribution in [3.05, 3.63) is 102 Å². The highest BCUT2D eigenvalue weighted by molar-refractivity contribution is 5.85. The Morgan fingerprint density at radius 1 is 0.875 bits per heavy atom. The molecule has 0 saturated carbocycles. The molecule has 154 valence electrons. The highest BCUT2D eigenvalue weighted by Crippen LogP contribution is 2.24. The van der Waals surface area contributed by atoms with Gasteiger partial charge in [-0.2, -0.15) is 0 Å². The standard InChI is InChI=1S/C27H18N2O3/c1-31-22-8-4-5-18(13-22)9-10-19-11-12-23-24(29-30)16-27(32-26(23)14-19)25-15-20-6-2-3-7-21(20)17-28-25/h2-8,11-17,30H,1H3/b29-24-. The molecule has 0 bridgehead atoms. The Balaban J connectivity index is 1.60. The van der Waals surface area contributed by atoms with Gasteiger partial charge in [0.25, 0.3) is 0 Å². The Morgan fingerprint density at radius 3 is 2.50 bits per heavy atom. The summed E-state index contributed by atoms with van der Waals surface area (Å²) in [6.07, 6.45) is 1.80. The summed E-state index contributed by atoms with van der Waals surface area (Å²) < 4.78 is 11.4. The predicted molar refractivity (Wildman–Crippen MR) is 123 cm³/mol. The summed E-state index contributed by atoms with van der Waals surface area (Å²) in [4.78, 5) is 4.52. The fourth-order valence-electron chi connectivity index (χ4n) is 3.52. The maximum absolute atomic E-state index is 9.57. The molecule has 0 radical (unpaired) electrons. The second-order valence-corrected chi connectivity index (χ2v) is 7.21. The summed E-state index contributed by atoms with van der Waals surface area (Å²) in [6, 6.07) is 24.7. The lowest BCUT2D eigenvalue weighted by Crippen LogP contribution is -2.04. The molecule has 5 rings (SSSR count). The molecule has 32 heavy (non-hydrogen) atoms. The number of aromatic nitrogens is 1. The number of ether oxygens (including phenoxy) is 1. The lowest BCUT2D eigenvalue weighted by molar-refractivity contribution is 0.302. The van der Waals surface area contributed by atoms with Crippen molar-refractivity contribution in [3.63, 3.8) is 0 Å². The summed E-state index contributed by atoms with van der Waals surface area (Å²) in [5.41, 5.74) is 2.84. The van der Waals surface area contributed by atoms with Crippen molar-refractivity contribution in [1.29, 1.82) is 0 Å². The van der Waals surface area contributed by atoms with Crippen LogP contribution >= 0.6 is 0 Å². The minimum absolute atomic E-state index is 0.406. The van der Waals surface area contributed by atoms with E-state index in [0.717, 1.165) is 27.6 Å². The van der Waals surface area contributed by atoms with Gasteiger partial charge >= 0.3 is 0 Å². The van der Waals surface area contributed by atoms with E-state index in [1.807, 2.05) is 72.8 Å². The maximum atomic E-state index is 9.57. The van der Waals surface area contributed by atoms with Gasteiger partial charge in [-0.05, 0) is 47.9 Å². The van der Waals surface area contributed by atoms with Crippen LogP contribution < -0.4 is 10.1 Å². The normalized spacial score (nSPS) is 11.3. The van der Waals surface area contributed by atoms with Crippen molar-refractivity contribution < 1.29 is 14.4 Å². The summed E-state index contributed by atoms with van der Waals surface area (Å²) in [6.45, 7) is 0. The van der Waals surface area contributed by atoms with E-state index in [1.54, 1.807) is 19.4 Å². The van der Waals surface area contributed by atoms with Gasteiger partial charge in [0.15, 0.2) is 5.76 Å². The van der Waals surface area contributed by atoms with Crippen LogP contribution in [-0.4, -0.2) is 17.3 Å². The minimum Gasteiger partial charge on any atom is -0.497 e. The van der Waals surface area contributed by atoms with Gasteiger partial charge in [0.05, 0.1) is 7.11 Å². The number of benzene rings is 3. The number of methoxy groups -OCH3 is 1. The second-order valence-electron chi connectivity index (χ2n) is 7.21. The molecule has 0 amide bonds. The first kappa shape index (κ1) is 19.4. The molecule has 0 aliphatic carbocycles. The quantitative estimate of drug-likeness (QED) is 0.239. The van der Waals surface area contributed by atoms with E-state index in [0.29, 0.717) is 27.8 Å². The molecule has 3 aromatic carbocycles. The van der Waals surface area contributed by atoms with Crippen molar-refractivity contribution in [2.24, 2.45) is 5.16 Å². The fourth-order valence-corrected chi connectivity index (χ4v) is 3.52. The zero-order chi connectivity index (χ0) is 21.9. The van der Waals surface area contributed by atoms with Gasteiger partial charge in [0, 0.05) is 34.2 Å². The van der Waals surface area contributed by atoms with E-state index in [4.69, 9.17) is 9.15 Å². The average Bonchev–Trinajstić information content (AvgIpc) is 2.86. The van der Waals surface area contributed by atoms with Crippen molar-refractivity contribution in [1.82, 2.24) is 4.98 Å². The summed E-state index contributed by atoms with van der Waals surface area (Å²) in [5.74, 6) is 7.55. The third-order valence-corrected chi connectivity index (χ3v) is 5.16. The molecule has 0 aliphatic heterocycles. The molecule has 0 atom stereocenters. The van der Waals surface area contributed by atoms with Crippen molar-refractivity contribution >= 4 is 21.7 Å². The Bertz CT molecular complexity index is 1590. The number of nitrogens with zero attached hydrogens (tertiary/aromatic N) is 2. The van der Waals surface area contributed by atoms with Gasteiger partial charge in [-0.3, -0.25) is 4.98 Å². The third kappa shape index (κ3) is 3.78. The summed E-state index contributed by atoms with van der Waals surface area (Å²) in [5, 5.41) is 16.2. The molecule has 2 heterocycles. The zero-order valence-electron chi connectivity index (χ0n) is 17.2. The number of rotatable bonds is 2. The zero-order valence-corrected chi connectivity index (χ0v) is 17.2. The largest absolute Gasteiger partial charge is 0.497 e. The van der Waals surface area contributed by atoms with Gasteiger partial charge in [-0.25, -0.2) is 0 Å². The van der Waals surface area contributed by atoms with E-state index in [-0.39, 0.29) is 0 Å². The van der Waals surface area contributed by atoms with Crippen LogP contribution in [0.2, 0.25) is 0 Å². The molecule has 5 nitrogen and oxygen atoms in total. The van der Waals surface area contributed by atoms with Crippen molar-refractivity contribution in [2.45, 2.75) is 0 Å². The molecule has 5 heteroatoms. The van der Waals surface area contributed by atoms with E-state index < -0.39 is 0 Å². The van der Waals surface area contributed by atoms with Crippen LogP contribution in [0.4, 0.5) is 0 Å². The van der Waals surface area contributed by atoms with Gasteiger partial charge in [0.1, 0.15) is 22.4 Å². The fraction of sp³-hybridized carbons (Fsp3) is 0.0370. The molecule has 5 aromatic rings. The van der Waals surface area contributed by atoms with E-state index >= 15 is 0 Å². The minimum atomic E-state index is 0.406. The third-order valence-electron chi connectivity index (χ3n) is 5.16. The van der Waals surface area contributed by atoms with Gasteiger partial charge < -0.3 is 14.4 Å². The van der Waals surface area contributed by atoms with Crippen LogP contribution in [0.1, 0.15) is 11.1 Å². The Hall–Kier alpha value is -4.56. The first-order chi connectivity index (χ1) is 15.7. The van der Waals surface area contributed by atoms with Crippen LogP contribution in [0.15, 0.2) is 94.6 Å².